The van der Waals surface area contributed by atoms with E-state index in [4.69, 9.17) is 19.2 Å². The summed E-state index contributed by atoms with van der Waals surface area (Å²) in [6, 6.07) is 0. The molecule has 0 atom stereocenters. The maximum atomic E-state index is 8.55. The Morgan fingerprint density at radius 3 is 1.00 bits per heavy atom. The van der Waals surface area contributed by atoms with E-state index in [0.29, 0.717) is 0 Å². The first kappa shape index (κ1) is 22.9. The SMILES string of the molecule is O=P([O-])([O-])[O-].[Mn+2].[Mn+2].[OH-]. The first-order valence-corrected chi connectivity index (χ1v) is 2.19. The van der Waals surface area contributed by atoms with Crippen LogP contribution in [0, 0.1) is 0 Å². The van der Waals surface area contributed by atoms with Crippen molar-refractivity contribution in [3.05, 3.63) is 0 Å². The number of hydrogen-bond acceptors (Lipinski definition) is 5. The molecule has 0 aromatic carbocycles. The van der Waals surface area contributed by atoms with Crippen LogP contribution in [0.2, 0.25) is 0 Å². The summed E-state index contributed by atoms with van der Waals surface area (Å²) in [6.07, 6.45) is 0. The van der Waals surface area contributed by atoms with Gasteiger partial charge in [0.2, 0.25) is 0 Å². The zero-order valence-electron chi connectivity index (χ0n) is 3.28. The third-order valence-electron chi connectivity index (χ3n) is 0. The summed E-state index contributed by atoms with van der Waals surface area (Å²) in [4.78, 5) is 25.6. The van der Waals surface area contributed by atoms with Crippen molar-refractivity contribution in [3.8, 4) is 0 Å². The van der Waals surface area contributed by atoms with Crippen LogP contribution in [-0.4, -0.2) is 5.48 Å². The van der Waals surface area contributed by atoms with Crippen LogP contribution in [0.3, 0.4) is 0 Å². The van der Waals surface area contributed by atoms with Gasteiger partial charge in [0.05, 0.1) is 0 Å². The van der Waals surface area contributed by atoms with Crippen LogP contribution in [0.15, 0.2) is 0 Å². The third kappa shape index (κ3) is 216. The fourth-order valence-electron chi connectivity index (χ4n) is 0. The predicted octanol–water partition coefficient (Wildman–Crippen LogP) is -3.01. The summed E-state index contributed by atoms with van der Waals surface area (Å²) < 4.78 is 8.55. The Morgan fingerprint density at radius 2 is 1.00 bits per heavy atom. The molecule has 0 spiro atoms. The van der Waals surface area contributed by atoms with Crippen molar-refractivity contribution >= 4 is 7.82 Å². The molecule has 0 fully saturated rings. The third-order valence-corrected chi connectivity index (χ3v) is 0. The first-order valence-electron chi connectivity index (χ1n) is 0.730. The van der Waals surface area contributed by atoms with E-state index in [1.165, 1.54) is 0 Å². The van der Waals surface area contributed by atoms with Crippen LogP contribution >= 0.6 is 7.82 Å². The van der Waals surface area contributed by atoms with Gasteiger partial charge in [0.25, 0.3) is 0 Å². The fraction of sp³-hybridized carbons (Fsp3) is 0. The van der Waals surface area contributed by atoms with Crippen molar-refractivity contribution in [3.63, 3.8) is 0 Å². The Balaban J connectivity index is -0.0000000267. The Bertz CT molecular complexity index is 56.6. The molecule has 0 aliphatic heterocycles. The molecule has 0 rings (SSSR count). The van der Waals surface area contributed by atoms with Crippen LogP contribution in [0.4, 0.5) is 0 Å². The molecule has 0 unspecified atom stereocenters. The van der Waals surface area contributed by atoms with E-state index in [0.717, 1.165) is 0 Å². The van der Waals surface area contributed by atoms with Gasteiger partial charge in [-0.05, 0) is 0 Å². The number of phosphoric acid groups is 1. The zero-order chi connectivity index (χ0) is 4.50. The molecule has 0 saturated carbocycles. The molecule has 50 valence electrons. The minimum atomic E-state index is -5.39. The van der Waals surface area contributed by atoms with Crippen LogP contribution in [0.25, 0.3) is 0 Å². The molecule has 1 N–H and O–H groups in total. The van der Waals surface area contributed by atoms with E-state index in [1.807, 2.05) is 0 Å². The molecule has 0 aliphatic rings. The van der Waals surface area contributed by atoms with Crippen LogP contribution in [-0.2, 0) is 38.7 Å². The van der Waals surface area contributed by atoms with Gasteiger partial charge in [0, 0.05) is 0 Å². The van der Waals surface area contributed by atoms with Crippen molar-refractivity contribution < 1.29 is 58.9 Å². The van der Waals surface area contributed by atoms with Crippen molar-refractivity contribution in [2.24, 2.45) is 0 Å². The molecule has 0 bridgehead atoms. The van der Waals surface area contributed by atoms with E-state index in [2.05, 4.69) is 0 Å². The van der Waals surface area contributed by atoms with Crippen LogP contribution in [0.5, 0.6) is 0 Å². The minimum absolute atomic E-state index is 0. The standard InChI is InChI=1S/2Mn.H3O4P.H2O/c;;1-5(2,3)4;/h;;(H3,1,2,3,4);1H2/q2*+2;;/p-4. The molecule has 0 aromatic rings. The largest absolute Gasteiger partial charge is 2.00 e. The van der Waals surface area contributed by atoms with Gasteiger partial charge in [0.15, 0.2) is 0 Å². The molecule has 0 aromatic heterocycles. The second-order valence-corrected chi connectivity index (χ2v) is 1.34. The molecule has 0 heterocycles. The van der Waals surface area contributed by atoms with Gasteiger partial charge in [0.1, 0.15) is 0 Å². The summed E-state index contributed by atoms with van der Waals surface area (Å²) in [5.74, 6) is 0. The normalized spacial score (nSPS) is 7.38. The van der Waals surface area contributed by atoms with E-state index in [9.17, 15) is 0 Å². The molecule has 0 saturated heterocycles. The zero-order valence-corrected chi connectivity index (χ0v) is 6.54. The van der Waals surface area contributed by atoms with Gasteiger partial charge in [-0.25, -0.2) is 0 Å². The van der Waals surface area contributed by atoms with Crippen molar-refractivity contribution in [1.82, 2.24) is 0 Å². The van der Waals surface area contributed by atoms with Crippen LogP contribution in [0.1, 0.15) is 0 Å². The second-order valence-electron chi connectivity index (χ2n) is 0.447. The molecule has 5 nitrogen and oxygen atoms in total. The van der Waals surface area contributed by atoms with Crippen molar-refractivity contribution in [1.29, 1.82) is 0 Å². The van der Waals surface area contributed by atoms with Gasteiger partial charge in [-0.3, -0.25) is 0 Å². The Morgan fingerprint density at radius 1 is 1.00 bits per heavy atom. The van der Waals surface area contributed by atoms with E-state index >= 15 is 0 Å². The molecule has 0 amide bonds. The van der Waals surface area contributed by atoms with Gasteiger partial charge in [-0.2, -0.15) is 7.82 Å². The first-order chi connectivity index (χ1) is 2.00. The topological polar surface area (TPSA) is 116 Å². The maximum absolute atomic E-state index is 8.55. The molecule has 2 radical (unpaired) electrons. The summed E-state index contributed by atoms with van der Waals surface area (Å²) in [5.41, 5.74) is 0. The Labute approximate surface area is 67.0 Å². The second kappa shape index (κ2) is 8.11. The molecular formula is HMn2O5P. The summed E-state index contributed by atoms with van der Waals surface area (Å²) in [5, 5.41) is 0. The van der Waals surface area contributed by atoms with E-state index in [-0.39, 0.29) is 39.6 Å². The van der Waals surface area contributed by atoms with E-state index < -0.39 is 7.82 Å². The van der Waals surface area contributed by atoms with Gasteiger partial charge < -0.3 is 24.7 Å². The number of hydrogen-bond donors (Lipinski definition) is 0. The Kier molecular flexibility index (Phi) is 23.3. The van der Waals surface area contributed by atoms with E-state index in [1.54, 1.807) is 0 Å². The fourth-order valence-corrected chi connectivity index (χ4v) is 0. The summed E-state index contributed by atoms with van der Waals surface area (Å²) in [7, 11) is -5.39. The molecule has 8 heavy (non-hydrogen) atoms. The predicted molar refractivity (Wildman–Crippen MR) is 9.54 cm³/mol. The van der Waals surface area contributed by atoms with Crippen molar-refractivity contribution in [2.45, 2.75) is 0 Å². The minimum Gasteiger partial charge on any atom is -0.870 e. The molecule has 8 heteroatoms. The smallest absolute Gasteiger partial charge is 0.870 e. The maximum Gasteiger partial charge on any atom is 2.00 e. The quantitative estimate of drug-likeness (QED) is 0.319. The van der Waals surface area contributed by atoms with Crippen molar-refractivity contribution in [2.75, 3.05) is 0 Å². The van der Waals surface area contributed by atoms with Gasteiger partial charge >= 0.3 is 34.1 Å². The van der Waals surface area contributed by atoms with Crippen LogP contribution < -0.4 is 14.7 Å². The average Bonchev–Trinajstić information content (AvgIpc) is 0.722. The summed E-state index contributed by atoms with van der Waals surface area (Å²) >= 11 is 0. The molecule has 0 aliphatic carbocycles. The van der Waals surface area contributed by atoms with Gasteiger partial charge in [-0.1, -0.05) is 0 Å². The average molecular weight is 222 g/mol. The van der Waals surface area contributed by atoms with Gasteiger partial charge in [-0.15, -0.1) is 0 Å². The summed E-state index contributed by atoms with van der Waals surface area (Å²) in [6.45, 7) is 0. The number of rotatable bonds is 0. The molecular weight excluding hydrogens is 221 g/mol. The monoisotopic (exact) mass is 222 g/mol. The Hall–Kier alpha value is 1.11.